The first-order valence-corrected chi connectivity index (χ1v) is 16.4. The predicted molar refractivity (Wildman–Crippen MR) is 197 cm³/mol. The standard InChI is InChI=1S/C18H11BrO.C12H9BO3.C6H4BrI/c19-13-6-3-5-12(11-13)14-8-4-9-16-15-7-1-2-10-17(15)20-18(14)16;14-13(15)10-6-3-5-9-8-4-1-2-7-11(8)16-12(9)10;7-5-2-1-3-6(8)4-5/h1-11H;1-7,14-15H;1-4H. The van der Waals surface area contributed by atoms with E-state index in [2.05, 4.69) is 103 Å². The van der Waals surface area contributed by atoms with E-state index in [9.17, 15) is 10.0 Å². The molecule has 44 heavy (non-hydrogen) atoms. The zero-order chi connectivity index (χ0) is 30.6. The lowest BCUT2D eigenvalue weighted by Crippen LogP contribution is -2.29. The van der Waals surface area contributed by atoms with Crippen LogP contribution in [0.5, 0.6) is 0 Å². The van der Waals surface area contributed by atoms with Gasteiger partial charge in [0.25, 0.3) is 0 Å². The highest BCUT2D eigenvalue weighted by atomic mass is 127. The average molecular weight is 818 g/mol. The molecule has 8 aromatic rings. The van der Waals surface area contributed by atoms with Crippen molar-refractivity contribution in [3.63, 3.8) is 0 Å². The highest BCUT2D eigenvalue weighted by Crippen LogP contribution is 2.36. The van der Waals surface area contributed by atoms with Crippen LogP contribution in [0.25, 0.3) is 55.0 Å². The van der Waals surface area contributed by atoms with Crippen molar-refractivity contribution in [1.29, 1.82) is 0 Å². The Hall–Kier alpha value is -3.41. The maximum absolute atomic E-state index is 9.24. The molecular formula is C36H24BBr2IO4. The summed E-state index contributed by atoms with van der Waals surface area (Å²) in [7, 11) is -1.51. The molecule has 0 aliphatic heterocycles. The Morgan fingerprint density at radius 2 is 1.05 bits per heavy atom. The zero-order valence-corrected chi connectivity index (χ0v) is 28.5. The van der Waals surface area contributed by atoms with Crippen LogP contribution in [0.1, 0.15) is 0 Å². The van der Waals surface area contributed by atoms with Crippen molar-refractivity contribution in [3.05, 3.63) is 146 Å². The van der Waals surface area contributed by atoms with Crippen molar-refractivity contribution in [2.45, 2.75) is 0 Å². The minimum absolute atomic E-state index is 0.397. The molecule has 0 saturated heterocycles. The van der Waals surface area contributed by atoms with Crippen LogP contribution in [0.3, 0.4) is 0 Å². The number of para-hydroxylation sites is 4. The minimum atomic E-state index is -1.51. The molecule has 0 fully saturated rings. The Morgan fingerprint density at radius 3 is 1.64 bits per heavy atom. The molecule has 0 atom stereocenters. The second kappa shape index (κ2) is 13.7. The molecule has 2 N–H and O–H groups in total. The molecule has 0 radical (unpaired) electrons. The highest BCUT2D eigenvalue weighted by Gasteiger charge is 2.18. The summed E-state index contributed by atoms with van der Waals surface area (Å²) < 4.78 is 15.2. The lowest BCUT2D eigenvalue weighted by molar-refractivity contribution is 0.425. The molecular weight excluding hydrogens is 794 g/mol. The number of hydrogen-bond donors (Lipinski definition) is 2. The molecule has 0 saturated carbocycles. The van der Waals surface area contributed by atoms with Gasteiger partial charge in [0.1, 0.15) is 22.3 Å². The highest BCUT2D eigenvalue weighted by molar-refractivity contribution is 14.1. The fraction of sp³-hybridized carbons (Fsp3) is 0. The van der Waals surface area contributed by atoms with E-state index in [1.807, 2.05) is 72.8 Å². The van der Waals surface area contributed by atoms with Gasteiger partial charge in [-0.1, -0.05) is 123 Å². The quantitative estimate of drug-likeness (QED) is 0.135. The molecule has 2 aromatic heterocycles. The predicted octanol–water partition coefficient (Wildman–Crippen LogP) is 10.3. The van der Waals surface area contributed by atoms with Crippen molar-refractivity contribution in [2.75, 3.05) is 0 Å². The molecule has 0 unspecified atom stereocenters. The van der Waals surface area contributed by atoms with E-state index < -0.39 is 7.12 Å². The van der Waals surface area contributed by atoms with Gasteiger partial charge in [0.05, 0.1) is 0 Å². The number of fused-ring (bicyclic) bond motifs is 6. The Labute approximate surface area is 284 Å². The third-order valence-electron chi connectivity index (χ3n) is 7.04. The third-order valence-corrected chi connectivity index (χ3v) is 8.70. The van der Waals surface area contributed by atoms with Crippen molar-refractivity contribution < 1.29 is 18.9 Å². The molecule has 0 aliphatic carbocycles. The van der Waals surface area contributed by atoms with Crippen LogP contribution in [0.4, 0.5) is 0 Å². The van der Waals surface area contributed by atoms with Crippen LogP contribution in [0, 0.1) is 3.57 Å². The maximum atomic E-state index is 9.24. The largest absolute Gasteiger partial charge is 0.492 e. The van der Waals surface area contributed by atoms with E-state index in [1.54, 1.807) is 12.1 Å². The van der Waals surface area contributed by atoms with Crippen molar-refractivity contribution in [3.8, 4) is 11.1 Å². The number of rotatable bonds is 2. The van der Waals surface area contributed by atoms with Crippen LogP contribution in [-0.4, -0.2) is 17.2 Å². The maximum Gasteiger partial charge on any atom is 0.492 e. The molecule has 0 aliphatic rings. The van der Waals surface area contributed by atoms with Crippen LogP contribution < -0.4 is 5.46 Å². The number of hydrogen-bond acceptors (Lipinski definition) is 4. The van der Waals surface area contributed by atoms with E-state index in [4.69, 9.17) is 8.83 Å². The van der Waals surface area contributed by atoms with Crippen molar-refractivity contribution >= 4 is 111 Å². The molecule has 6 aromatic carbocycles. The van der Waals surface area contributed by atoms with Crippen LogP contribution in [0.2, 0.25) is 0 Å². The lowest BCUT2D eigenvalue weighted by Gasteiger charge is -2.03. The molecule has 2 heterocycles. The monoisotopic (exact) mass is 816 g/mol. The molecule has 8 heteroatoms. The van der Waals surface area contributed by atoms with Gasteiger partial charge >= 0.3 is 7.12 Å². The van der Waals surface area contributed by atoms with Gasteiger partial charge in [0.2, 0.25) is 0 Å². The van der Waals surface area contributed by atoms with E-state index in [0.717, 1.165) is 53.0 Å². The number of halogens is 3. The molecule has 4 nitrogen and oxygen atoms in total. The first-order chi connectivity index (χ1) is 21.4. The van der Waals surface area contributed by atoms with Crippen LogP contribution >= 0.6 is 54.5 Å². The second-order valence-corrected chi connectivity index (χ2v) is 13.0. The lowest BCUT2D eigenvalue weighted by atomic mass is 9.79. The average Bonchev–Trinajstić information content (AvgIpc) is 3.60. The number of benzene rings is 6. The molecule has 0 amide bonds. The molecule has 216 valence electrons. The van der Waals surface area contributed by atoms with Gasteiger partial charge < -0.3 is 18.9 Å². The van der Waals surface area contributed by atoms with Gasteiger partial charge in [0, 0.05) is 45.1 Å². The van der Waals surface area contributed by atoms with Gasteiger partial charge in [-0.25, -0.2) is 0 Å². The van der Waals surface area contributed by atoms with Crippen molar-refractivity contribution in [2.24, 2.45) is 0 Å². The molecule has 0 bridgehead atoms. The summed E-state index contributed by atoms with van der Waals surface area (Å²) in [6.45, 7) is 0. The summed E-state index contributed by atoms with van der Waals surface area (Å²) in [4.78, 5) is 0. The Balaban J connectivity index is 0.000000128. The minimum Gasteiger partial charge on any atom is -0.456 e. The summed E-state index contributed by atoms with van der Waals surface area (Å²) in [5, 5.41) is 22.7. The smallest absolute Gasteiger partial charge is 0.456 e. The van der Waals surface area contributed by atoms with Gasteiger partial charge in [0.15, 0.2) is 0 Å². The Morgan fingerprint density at radius 1 is 0.523 bits per heavy atom. The molecule has 0 spiro atoms. The van der Waals surface area contributed by atoms with Crippen LogP contribution in [-0.2, 0) is 0 Å². The fourth-order valence-corrected chi connectivity index (χ4v) is 6.83. The van der Waals surface area contributed by atoms with Crippen molar-refractivity contribution in [1.82, 2.24) is 0 Å². The van der Waals surface area contributed by atoms with Gasteiger partial charge in [-0.15, -0.1) is 0 Å². The van der Waals surface area contributed by atoms with Gasteiger partial charge in [-0.05, 0) is 70.6 Å². The second-order valence-electron chi connectivity index (χ2n) is 9.93. The SMILES string of the molecule is Brc1cccc(-c2cccc3c2oc2ccccc23)c1.Brc1cccc(I)c1.OB(O)c1cccc2c1oc1ccccc12. The summed E-state index contributed by atoms with van der Waals surface area (Å²) in [5.41, 5.74) is 5.86. The fourth-order valence-electron chi connectivity index (χ4n) is 5.06. The summed E-state index contributed by atoms with van der Waals surface area (Å²) in [6.07, 6.45) is 0. The van der Waals surface area contributed by atoms with E-state index in [0.29, 0.717) is 11.0 Å². The van der Waals surface area contributed by atoms with E-state index in [1.165, 1.54) is 8.96 Å². The van der Waals surface area contributed by atoms with Gasteiger partial charge in [-0.3, -0.25) is 0 Å². The summed E-state index contributed by atoms with van der Waals surface area (Å²) >= 11 is 9.16. The zero-order valence-electron chi connectivity index (χ0n) is 23.1. The van der Waals surface area contributed by atoms with E-state index >= 15 is 0 Å². The topological polar surface area (TPSA) is 66.7 Å². The first kappa shape index (κ1) is 30.6. The van der Waals surface area contributed by atoms with Gasteiger partial charge in [-0.2, -0.15) is 0 Å². The molecule has 8 rings (SSSR count). The third kappa shape index (κ3) is 6.65. The Kier molecular flexibility index (Phi) is 9.54. The first-order valence-electron chi connectivity index (χ1n) is 13.7. The normalized spacial score (nSPS) is 10.8. The van der Waals surface area contributed by atoms with E-state index in [-0.39, 0.29) is 0 Å². The van der Waals surface area contributed by atoms with Crippen LogP contribution in [0.15, 0.2) is 151 Å². The summed E-state index contributed by atoms with van der Waals surface area (Å²) in [5.74, 6) is 0. The Bertz CT molecular complexity index is 2210. The summed E-state index contributed by atoms with van der Waals surface area (Å²) in [6, 6.07) is 43.9. The number of furan rings is 2.